The molecule has 0 saturated carbocycles. The van der Waals surface area contributed by atoms with Gasteiger partial charge in [-0.1, -0.05) is 22.9 Å². The third kappa shape index (κ3) is 3.21. The van der Waals surface area contributed by atoms with E-state index in [0.29, 0.717) is 17.9 Å². The minimum Gasteiger partial charge on any atom is -0.495 e. The number of nitrogens with one attached hydrogen (secondary N) is 1. The topological polar surface area (TPSA) is 64.4 Å². The summed E-state index contributed by atoms with van der Waals surface area (Å²) in [6.45, 7) is 1.86. The van der Waals surface area contributed by atoms with E-state index in [-0.39, 0.29) is 5.91 Å². The highest BCUT2D eigenvalue weighted by molar-refractivity contribution is 9.10. The quantitative estimate of drug-likeness (QED) is 0.891. The molecule has 0 radical (unpaired) electrons. The molecule has 0 bridgehead atoms. The van der Waals surface area contributed by atoms with Crippen LogP contribution in [0.25, 0.3) is 0 Å². The van der Waals surface area contributed by atoms with Gasteiger partial charge in [0.1, 0.15) is 5.75 Å². The van der Waals surface area contributed by atoms with Gasteiger partial charge in [-0.25, -0.2) is 0 Å². The molecule has 0 aliphatic carbocycles. The summed E-state index contributed by atoms with van der Waals surface area (Å²) in [7, 11) is 1.55. The Morgan fingerprint density at radius 3 is 2.88 bits per heavy atom. The molecule has 0 aliphatic rings. The van der Waals surface area contributed by atoms with Crippen molar-refractivity contribution in [2.45, 2.75) is 19.4 Å². The Hall–Kier alpha value is -1.07. The summed E-state index contributed by atoms with van der Waals surface area (Å²) in [5.41, 5.74) is 6.25. The zero-order valence-corrected chi connectivity index (χ0v) is 10.9. The van der Waals surface area contributed by atoms with Crippen molar-refractivity contribution in [1.82, 2.24) is 0 Å². The van der Waals surface area contributed by atoms with Gasteiger partial charge in [-0.15, -0.1) is 0 Å². The summed E-state index contributed by atoms with van der Waals surface area (Å²) < 4.78 is 6.01. The van der Waals surface area contributed by atoms with Gasteiger partial charge in [-0.2, -0.15) is 0 Å². The third-order valence-corrected chi connectivity index (χ3v) is 2.69. The summed E-state index contributed by atoms with van der Waals surface area (Å²) in [4.78, 5) is 11.6. The van der Waals surface area contributed by atoms with Crippen LogP contribution in [0.5, 0.6) is 5.75 Å². The van der Waals surface area contributed by atoms with Crippen LogP contribution in [0.2, 0.25) is 0 Å². The summed E-state index contributed by atoms with van der Waals surface area (Å²) in [5, 5.41) is 2.73. The molecule has 1 aromatic carbocycles. The van der Waals surface area contributed by atoms with Gasteiger partial charge in [0, 0.05) is 4.47 Å². The Kier molecular flexibility index (Phi) is 4.76. The smallest absolute Gasteiger partial charge is 0.241 e. The van der Waals surface area contributed by atoms with Crippen molar-refractivity contribution in [1.29, 1.82) is 0 Å². The Balaban J connectivity index is 2.87. The van der Waals surface area contributed by atoms with Gasteiger partial charge in [0.15, 0.2) is 0 Å². The van der Waals surface area contributed by atoms with Crippen LogP contribution in [0.3, 0.4) is 0 Å². The second-order valence-corrected chi connectivity index (χ2v) is 4.26. The molecule has 0 saturated heterocycles. The van der Waals surface area contributed by atoms with E-state index < -0.39 is 6.04 Å². The molecular formula is C11H15BrN2O2. The second kappa shape index (κ2) is 5.86. The molecule has 1 aromatic rings. The summed E-state index contributed by atoms with van der Waals surface area (Å²) >= 11 is 3.33. The first-order valence-corrected chi connectivity index (χ1v) is 5.77. The van der Waals surface area contributed by atoms with E-state index in [0.717, 1.165) is 4.47 Å². The number of benzene rings is 1. The molecule has 0 spiro atoms. The number of nitrogens with two attached hydrogens (primary N) is 1. The van der Waals surface area contributed by atoms with E-state index in [9.17, 15) is 4.79 Å². The van der Waals surface area contributed by atoms with Crippen molar-refractivity contribution in [3.63, 3.8) is 0 Å². The highest BCUT2D eigenvalue weighted by atomic mass is 79.9. The fraction of sp³-hybridized carbons (Fsp3) is 0.364. The number of carbonyl (C=O) groups is 1. The average Bonchev–Trinajstić information content (AvgIpc) is 2.28. The van der Waals surface area contributed by atoms with Crippen LogP contribution in [0.15, 0.2) is 22.7 Å². The maximum atomic E-state index is 11.6. The van der Waals surface area contributed by atoms with Crippen molar-refractivity contribution >= 4 is 27.5 Å². The largest absolute Gasteiger partial charge is 0.495 e. The highest BCUT2D eigenvalue weighted by Gasteiger charge is 2.13. The Bertz CT molecular complexity index is 382. The van der Waals surface area contributed by atoms with E-state index in [4.69, 9.17) is 10.5 Å². The molecule has 5 heteroatoms. The maximum absolute atomic E-state index is 11.6. The predicted molar refractivity (Wildman–Crippen MR) is 67.6 cm³/mol. The molecule has 88 valence electrons. The summed E-state index contributed by atoms with van der Waals surface area (Å²) in [6, 6.07) is 4.90. The molecule has 1 atom stereocenters. The van der Waals surface area contributed by atoms with E-state index in [1.54, 1.807) is 19.2 Å². The first-order valence-electron chi connectivity index (χ1n) is 4.98. The number of rotatable bonds is 4. The van der Waals surface area contributed by atoms with Crippen molar-refractivity contribution in [2.24, 2.45) is 5.73 Å². The van der Waals surface area contributed by atoms with Gasteiger partial charge in [0.2, 0.25) is 5.91 Å². The van der Waals surface area contributed by atoms with Crippen LogP contribution in [-0.4, -0.2) is 19.1 Å². The second-order valence-electron chi connectivity index (χ2n) is 3.35. The lowest BCUT2D eigenvalue weighted by molar-refractivity contribution is -0.117. The molecule has 0 aromatic heterocycles. The number of carbonyl (C=O) groups excluding carboxylic acids is 1. The molecule has 16 heavy (non-hydrogen) atoms. The SMILES string of the molecule is CC[C@H](N)C(=O)Nc1cc(Br)ccc1OC. The van der Waals surface area contributed by atoms with Crippen molar-refractivity contribution in [3.8, 4) is 5.75 Å². The van der Waals surface area contributed by atoms with Gasteiger partial charge in [-0.05, 0) is 24.6 Å². The third-order valence-electron chi connectivity index (χ3n) is 2.20. The lowest BCUT2D eigenvalue weighted by Gasteiger charge is -2.13. The van der Waals surface area contributed by atoms with Crippen LogP contribution < -0.4 is 15.8 Å². The number of hydrogen-bond acceptors (Lipinski definition) is 3. The Labute approximate surface area is 103 Å². The zero-order chi connectivity index (χ0) is 12.1. The van der Waals surface area contributed by atoms with Gasteiger partial charge < -0.3 is 15.8 Å². The number of hydrogen-bond donors (Lipinski definition) is 2. The fourth-order valence-corrected chi connectivity index (χ4v) is 1.55. The van der Waals surface area contributed by atoms with Crippen LogP contribution >= 0.6 is 15.9 Å². The molecule has 4 nitrogen and oxygen atoms in total. The number of amides is 1. The van der Waals surface area contributed by atoms with Crippen LogP contribution in [0, 0.1) is 0 Å². The Morgan fingerprint density at radius 1 is 1.62 bits per heavy atom. The number of halogens is 1. The maximum Gasteiger partial charge on any atom is 0.241 e. The van der Waals surface area contributed by atoms with Crippen molar-refractivity contribution in [3.05, 3.63) is 22.7 Å². The standard InChI is InChI=1S/C11H15BrN2O2/c1-3-8(13)11(15)14-9-6-7(12)4-5-10(9)16-2/h4-6,8H,3,13H2,1-2H3,(H,14,15)/t8-/m0/s1. The monoisotopic (exact) mass is 286 g/mol. The molecular weight excluding hydrogens is 272 g/mol. The fourth-order valence-electron chi connectivity index (χ4n) is 1.19. The van der Waals surface area contributed by atoms with Crippen molar-refractivity contribution in [2.75, 3.05) is 12.4 Å². The van der Waals surface area contributed by atoms with Gasteiger partial charge in [0.25, 0.3) is 0 Å². The molecule has 1 amide bonds. The first-order chi connectivity index (χ1) is 7.58. The first kappa shape index (κ1) is 13.0. The number of methoxy groups -OCH3 is 1. The average molecular weight is 287 g/mol. The highest BCUT2D eigenvalue weighted by Crippen LogP contribution is 2.27. The van der Waals surface area contributed by atoms with Gasteiger partial charge in [0.05, 0.1) is 18.8 Å². The molecule has 0 heterocycles. The number of anilines is 1. The van der Waals surface area contributed by atoms with E-state index in [1.807, 2.05) is 13.0 Å². The lowest BCUT2D eigenvalue weighted by Crippen LogP contribution is -2.34. The summed E-state index contributed by atoms with van der Waals surface area (Å²) in [6.07, 6.45) is 0.599. The van der Waals surface area contributed by atoms with Crippen LogP contribution in [0.4, 0.5) is 5.69 Å². The Morgan fingerprint density at radius 2 is 2.31 bits per heavy atom. The lowest BCUT2D eigenvalue weighted by atomic mass is 10.2. The van der Waals surface area contributed by atoms with E-state index >= 15 is 0 Å². The predicted octanol–water partition coefficient (Wildman–Crippen LogP) is 2.13. The van der Waals surface area contributed by atoms with Crippen LogP contribution in [-0.2, 0) is 4.79 Å². The normalized spacial score (nSPS) is 12.0. The number of ether oxygens (including phenoxy) is 1. The van der Waals surface area contributed by atoms with Crippen LogP contribution in [0.1, 0.15) is 13.3 Å². The van der Waals surface area contributed by atoms with Gasteiger partial charge >= 0.3 is 0 Å². The molecule has 0 fully saturated rings. The molecule has 1 rings (SSSR count). The van der Waals surface area contributed by atoms with E-state index in [2.05, 4.69) is 21.2 Å². The summed E-state index contributed by atoms with van der Waals surface area (Å²) in [5.74, 6) is 0.402. The van der Waals surface area contributed by atoms with Crippen molar-refractivity contribution < 1.29 is 9.53 Å². The zero-order valence-electron chi connectivity index (χ0n) is 9.29. The van der Waals surface area contributed by atoms with E-state index in [1.165, 1.54) is 0 Å². The minimum absolute atomic E-state index is 0.209. The molecule has 0 unspecified atom stereocenters. The molecule has 3 N–H and O–H groups in total. The van der Waals surface area contributed by atoms with Gasteiger partial charge in [-0.3, -0.25) is 4.79 Å². The molecule has 0 aliphatic heterocycles. The minimum atomic E-state index is -0.497.